The maximum Gasteiger partial charge on any atom is 0.221 e. The number of hydrogen-bond acceptors (Lipinski definition) is 5. The Hall–Kier alpha value is -0.660. The molecule has 6 nitrogen and oxygen atoms in total. The highest BCUT2D eigenvalue weighted by atomic mass is 32.2. The lowest BCUT2D eigenvalue weighted by atomic mass is 10.2. The first-order valence-electron chi connectivity index (χ1n) is 5.27. The molecule has 1 unspecified atom stereocenters. The molecule has 1 amide bonds. The molecule has 0 radical (unpaired) electrons. The van der Waals surface area contributed by atoms with Crippen molar-refractivity contribution >= 4 is 15.7 Å². The largest absolute Gasteiger partial charge is 0.394 e. The number of carbonyl (C=O) groups excluding carboxylic acids is 1. The summed E-state index contributed by atoms with van der Waals surface area (Å²) in [5.41, 5.74) is 0. The molecule has 0 bridgehead atoms. The van der Waals surface area contributed by atoms with Crippen LogP contribution >= 0.6 is 0 Å². The number of sulfone groups is 1. The van der Waals surface area contributed by atoms with Crippen LogP contribution < -0.4 is 10.6 Å². The molecule has 7 heteroatoms. The fourth-order valence-electron chi connectivity index (χ4n) is 1.60. The summed E-state index contributed by atoms with van der Waals surface area (Å²) in [5.74, 6) is -0.0947. The Morgan fingerprint density at radius 3 is 2.88 bits per heavy atom. The SMILES string of the molecule is C[C@@H](CO)NC(=O)CC1CS(=O)(=O)CCN1. The molecule has 1 aliphatic rings. The molecule has 1 fully saturated rings. The Balaban J connectivity index is 2.39. The molecule has 0 aliphatic carbocycles. The number of carbonyl (C=O) groups is 1. The third kappa shape index (κ3) is 4.46. The first-order valence-corrected chi connectivity index (χ1v) is 7.09. The Morgan fingerprint density at radius 1 is 1.62 bits per heavy atom. The van der Waals surface area contributed by atoms with Crippen LogP contribution in [-0.4, -0.2) is 56.2 Å². The first kappa shape index (κ1) is 13.4. The zero-order chi connectivity index (χ0) is 12.2. The van der Waals surface area contributed by atoms with Gasteiger partial charge < -0.3 is 15.7 Å². The smallest absolute Gasteiger partial charge is 0.221 e. The molecule has 1 saturated heterocycles. The Morgan fingerprint density at radius 2 is 2.31 bits per heavy atom. The zero-order valence-corrected chi connectivity index (χ0v) is 10.1. The highest BCUT2D eigenvalue weighted by Crippen LogP contribution is 2.04. The van der Waals surface area contributed by atoms with Gasteiger partial charge in [-0.2, -0.15) is 0 Å². The monoisotopic (exact) mass is 250 g/mol. The summed E-state index contributed by atoms with van der Waals surface area (Å²) in [6, 6.07) is -0.614. The summed E-state index contributed by atoms with van der Waals surface area (Å²) < 4.78 is 22.6. The fourth-order valence-corrected chi connectivity index (χ4v) is 3.05. The topological polar surface area (TPSA) is 95.5 Å². The number of aliphatic hydroxyl groups is 1. The summed E-state index contributed by atoms with van der Waals surface area (Å²) in [4.78, 5) is 11.4. The molecule has 0 saturated carbocycles. The average Bonchev–Trinajstić information content (AvgIpc) is 2.15. The van der Waals surface area contributed by atoms with Gasteiger partial charge in [0.2, 0.25) is 5.91 Å². The van der Waals surface area contributed by atoms with Gasteiger partial charge in [0, 0.05) is 25.0 Å². The van der Waals surface area contributed by atoms with Gasteiger partial charge in [-0.3, -0.25) is 4.79 Å². The van der Waals surface area contributed by atoms with Gasteiger partial charge in [0.05, 0.1) is 18.1 Å². The van der Waals surface area contributed by atoms with Crippen molar-refractivity contribution < 1.29 is 18.3 Å². The second-order valence-corrected chi connectivity index (χ2v) is 6.35. The van der Waals surface area contributed by atoms with E-state index in [4.69, 9.17) is 5.11 Å². The summed E-state index contributed by atoms with van der Waals surface area (Å²) in [6.45, 7) is 1.96. The van der Waals surface area contributed by atoms with Crippen LogP contribution in [0, 0.1) is 0 Å². The van der Waals surface area contributed by atoms with Crippen LogP contribution in [0.3, 0.4) is 0 Å². The second-order valence-electron chi connectivity index (χ2n) is 4.12. The average molecular weight is 250 g/mol. The summed E-state index contributed by atoms with van der Waals surface area (Å²) in [7, 11) is -3.00. The third-order valence-corrected chi connectivity index (χ3v) is 4.15. The van der Waals surface area contributed by atoms with Gasteiger partial charge in [-0.05, 0) is 6.92 Å². The molecule has 0 spiro atoms. The Bertz CT molecular complexity index is 341. The predicted octanol–water partition coefficient (Wildman–Crippen LogP) is -1.74. The minimum Gasteiger partial charge on any atom is -0.394 e. The van der Waals surface area contributed by atoms with E-state index in [9.17, 15) is 13.2 Å². The van der Waals surface area contributed by atoms with Crippen LogP contribution in [-0.2, 0) is 14.6 Å². The van der Waals surface area contributed by atoms with Gasteiger partial charge >= 0.3 is 0 Å². The van der Waals surface area contributed by atoms with Crippen molar-refractivity contribution in [2.75, 3.05) is 24.7 Å². The quantitative estimate of drug-likeness (QED) is 0.550. The maximum atomic E-state index is 11.4. The molecule has 0 aromatic rings. The molecule has 1 aliphatic heterocycles. The van der Waals surface area contributed by atoms with E-state index in [0.717, 1.165) is 0 Å². The molecule has 1 heterocycles. The van der Waals surface area contributed by atoms with E-state index in [2.05, 4.69) is 10.6 Å². The van der Waals surface area contributed by atoms with Gasteiger partial charge in [-0.15, -0.1) is 0 Å². The number of aliphatic hydroxyl groups excluding tert-OH is 1. The van der Waals surface area contributed by atoms with Gasteiger partial charge in [0.25, 0.3) is 0 Å². The van der Waals surface area contributed by atoms with E-state index < -0.39 is 9.84 Å². The van der Waals surface area contributed by atoms with Crippen LogP contribution in [0.25, 0.3) is 0 Å². The van der Waals surface area contributed by atoms with Crippen molar-refractivity contribution in [3.63, 3.8) is 0 Å². The number of amides is 1. The van der Waals surface area contributed by atoms with Gasteiger partial charge in [-0.25, -0.2) is 8.42 Å². The predicted molar refractivity (Wildman–Crippen MR) is 59.8 cm³/mol. The minimum absolute atomic E-state index is 0.00786. The van der Waals surface area contributed by atoms with Gasteiger partial charge in [0.1, 0.15) is 0 Å². The van der Waals surface area contributed by atoms with Crippen molar-refractivity contribution in [2.45, 2.75) is 25.4 Å². The highest BCUT2D eigenvalue weighted by Gasteiger charge is 2.26. The molecule has 94 valence electrons. The number of nitrogens with one attached hydrogen (secondary N) is 2. The first-order chi connectivity index (χ1) is 7.43. The standard InChI is InChI=1S/C9H18N2O4S/c1-7(5-12)11-9(13)4-8-6-16(14,15)3-2-10-8/h7-8,10,12H,2-6H2,1H3,(H,11,13)/t7-,8?/m0/s1. The highest BCUT2D eigenvalue weighted by molar-refractivity contribution is 7.91. The van der Waals surface area contributed by atoms with E-state index in [1.165, 1.54) is 0 Å². The van der Waals surface area contributed by atoms with E-state index in [1.807, 2.05) is 0 Å². The third-order valence-electron chi connectivity index (χ3n) is 2.41. The van der Waals surface area contributed by atoms with E-state index in [0.29, 0.717) is 6.54 Å². The van der Waals surface area contributed by atoms with Gasteiger partial charge in [-0.1, -0.05) is 0 Å². The normalized spacial score (nSPS) is 26.0. The van der Waals surface area contributed by atoms with E-state index in [-0.39, 0.29) is 42.5 Å². The van der Waals surface area contributed by atoms with Gasteiger partial charge in [0.15, 0.2) is 9.84 Å². The molecule has 2 atom stereocenters. The summed E-state index contributed by atoms with van der Waals surface area (Å²) >= 11 is 0. The molecular formula is C9H18N2O4S. The van der Waals surface area contributed by atoms with Crippen LogP contribution in [0.2, 0.25) is 0 Å². The van der Waals surface area contributed by atoms with Crippen LogP contribution in [0.1, 0.15) is 13.3 Å². The lowest BCUT2D eigenvalue weighted by Gasteiger charge is -2.23. The fraction of sp³-hybridized carbons (Fsp3) is 0.889. The Kier molecular flexibility index (Phi) is 4.69. The lowest BCUT2D eigenvalue weighted by Crippen LogP contribution is -2.48. The van der Waals surface area contributed by atoms with Crippen LogP contribution in [0.5, 0.6) is 0 Å². The molecule has 3 N–H and O–H groups in total. The van der Waals surface area contributed by atoms with Crippen molar-refractivity contribution in [1.82, 2.24) is 10.6 Å². The molecular weight excluding hydrogens is 232 g/mol. The van der Waals surface area contributed by atoms with Crippen LogP contribution in [0.4, 0.5) is 0 Å². The number of hydrogen-bond donors (Lipinski definition) is 3. The molecule has 0 aromatic heterocycles. The second kappa shape index (κ2) is 5.60. The van der Waals surface area contributed by atoms with E-state index >= 15 is 0 Å². The van der Waals surface area contributed by atoms with Crippen molar-refractivity contribution in [1.29, 1.82) is 0 Å². The number of rotatable bonds is 4. The van der Waals surface area contributed by atoms with Crippen molar-refractivity contribution in [3.8, 4) is 0 Å². The summed E-state index contributed by atoms with van der Waals surface area (Å²) in [5, 5.41) is 14.3. The maximum absolute atomic E-state index is 11.4. The van der Waals surface area contributed by atoms with Crippen molar-refractivity contribution in [2.24, 2.45) is 0 Å². The molecule has 0 aromatic carbocycles. The molecule has 1 rings (SSSR count). The summed E-state index contributed by atoms with van der Waals surface area (Å²) in [6.07, 6.45) is 0.129. The zero-order valence-electron chi connectivity index (χ0n) is 9.27. The Labute approximate surface area is 95.3 Å². The lowest BCUT2D eigenvalue weighted by molar-refractivity contribution is -0.122. The van der Waals surface area contributed by atoms with Crippen molar-refractivity contribution in [3.05, 3.63) is 0 Å². The minimum atomic E-state index is -3.00. The molecule has 16 heavy (non-hydrogen) atoms. The van der Waals surface area contributed by atoms with E-state index in [1.54, 1.807) is 6.92 Å². The van der Waals surface area contributed by atoms with Crippen LogP contribution in [0.15, 0.2) is 0 Å².